The number of fused-ring (bicyclic) bond motifs is 3. The fraction of sp³-hybridized carbons (Fsp3) is 0.423. The Morgan fingerprint density at radius 1 is 1.00 bits per heavy atom. The predicted octanol–water partition coefficient (Wildman–Crippen LogP) is 4.02. The minimum absolute atomic E-state index is 0.0743. The summed E-state index contributed by atoms with van der Waals surface area (Å²) in [6.45, 7) is -0.607. The summed E-state index contributed by atoms with van der Waals surface area (Å²) in [6, 6.07) is 16.0. The van der Waals surface area contributed by atoms with Crippen molar-refractivity contribution in [2.45, 2.75) is 43.1 Å². The van der Waals surface area contributed by atoms with Gasteiger partial charge in [-0.2, -0.15) is 0 Å². The van der Waals surface area contributed by atoms with Crippen molar-refractivity contribution in [2.24, 2.45) is 5.92 Å². The Morgan fingerprint density at radius 3 is 2.17 bits per heavy atom. The van der Waals surface area contributed by atoms with Crippen LogP contribution in [0, 0.1) is 5.92 Å². The number of alkyl carbamates (subject to hydrolysis) is 1. The van der Waals surface area contributed by atoms with Gasteiger partial charge >= 0.3 is 12.1 Å². The molecule has 0 spiro atoms. The third-order valence-electron chi connectivity index (χ3n) is 7.33. The number of hydrogen-bond acceptors (Lipinski definition) is 4. The third-order valence-corrected chi connectivity index (χ3v) is 7.33. The fourth-order valence-corrected chi connectivity index (χ4v) is 5.14. The Hall–Kier alpha value is -3.49. The molecule has 1 saturated heterocycles. The normalized spacial score (nSPS) is 21.5. The molecule has 0 bridgehead atoms. The van der Waals surface area contributed by atoms with Crippen molar-refractivity contribution in [3.05, 3.63) is 59.7 Å². The third kappa shape index (κ3) is 4.47. The lowest BCUT2D eigenvalue weighted by Crippen LogP contribution is -2.53. The highest BCUT2D eigenvalue weighted by molar-refractivity contribution is 5.82. The number of nitrogens with one attached hydrogen (secondary N) is 1. The Bertz CT molecular complexity index is 1130. The van der Waals surface area contributed by atoms with Crippen LogP contribution < -0.4 is 5.32 Å². The molecular weight excluding hydrogens is 458 g/mol. The number of alkyl halides is 2. The van der Waals surface area contributed by atoms with E-state index in [-0.39, 0.29) is 25.5 Å². The van der Waals surface area contributed by atoms with Crippen molar-refractivity contribution in [1.82, 2.24) is 10.2 Å². The van der Waals surface area contributed by atoms with E-state index in [2.05, 4.69) is 5.32 Å². The highest BCUT2D eigenvalue weighted by atomic mass is 19.3. The van der Waals surface area contributed by atoms with E-state index < -0.39 is 48.3 Å². The van der Waals surface area contributed by atoms with Crippen molar-refractivity contribution < 1.29 is 33.0 Å². The Kier molecular flexibility index (Phi) is 5.73. The summed E-state index contributed by atoms with van der Waals surface area (Å²) in [5, 5.41) is 11.9. The lowest BCUT2D eigenvalue weighted by Gasteiger charge is -2.36. The molecule has 1 atom stereocenters. The quantitative estimate of drug-likeness (QED) is 0.646. The molecule has 7 nitrogen and oxygen atoms in total. The average molecular weight is 484 g/mol. The molecule has 35 heavy (non-hydrogen) atoms. The van der Waals surface area contributed by atoms with Crippen LogP contribution in [0.2, 0.25) is 0 Å². The lowest BCUT2D eigenvalue weighted by molar-refractivity contribution is -0.169. The first-order valence-electron chi connectivity index (χ1n) is 11.7. The van der Waals surface area contributed by atoms with Crippen LogP contribution in [0.1, 0.15) is 42.7 Å². The first-order valence-corrected chi connectivity index (χ1v) is 11.7. The van der Waals surface area contributed by atoms with E-state index in [1.807, 2.05) is 48.5 Å². The predicted molar refractivity (Wildman–Crippen MR) is 122 cm³/mol. The zero-order valence-electron chi connectivity index (χ0n) is 19.0. The van der Waals surface area contributed by atoms with Gasteiger partial charge in [0.2, 0.25) is 5.91 Å². The molecule has 0 radical (unpaired) electrons. The summed E-state index contributed by atoms with van der Waals surface area (Å²) >= 11 is 0. The zero-order chi connectivity index (χ0) is 24.8. The molecule has 2 aliphatic carbocycles. The largest absolute Gasteiger partial charge is 0.481 e. The minimum Gasteiger partial charge on any atom is -0.481 e. The van der Waals surface area contributed by atoms with Gasteiger partial charge in [-0.3, -0.25) is 9.59 Å². The maximum absolute atomic E-state index is 13.9. The summed E-state index contributed by atoms with van der Waals surface area (Å²) in [7, 11) is 0. The molecule has 2 amide bonds. The Balaban J connectivity index is 1.18. The second-order valence-corrected chi connectivity index (χ2v) is 9.65. The van der Waals surface area contributed by atoms with Crippen LogP contribution in [-0.2, 0) is 14.3 Å². The average Bonchev–Trinajstić information content (AvgIpc) is 3.49. The SMILES string of the molecule is O=C(NC1(CC(=O)N2CCC(F)(F)C(C(=O)O)C2)CC1)OCC1c2ccccc2-c2ccccc21. The number of carbonyl (C=O) groups is 3. The molecule has 184 valence electrons. The van der Waals surface area contributed by atoms with E-state index >= 15 is 0 Å². The summed E-state index contributed by atoms with van der Waals surface area (Å²) in [5.74, 6) is -7.42. The molecule has 1 unspecified atom stereocenters. The molecule has 2 aromatic carbocycles. The number of halogens is 2. The number of carboxylic acids is 1. The van der Waals surface area contributed by atoms with Crippen molar-refractivity contribution in [3.8, 4) is 11.1 Å². The highest BCUT2D eigenvalue weighted by Gasteiger charge is 2.52. The smallest absolute Gasteiger partial charge is 0.407 e. The number of likely N-dealkylation sites (tertiary alicyclic amines) is 1. The summed E-state index contributed by atoms with van der Waals surface area (Å²) in [6.07, 6.45) is -0.270. The summed E-state index contributed by atoms with van der Waals surface area (Å²) in [4.78, 5) is 37.8. The molecule has 0 aromatic heterocycles. The Labute approximate surface area is 201 Å². The second-order valence-electron chi connectivity index (χ2n) is 9.65. The standard InChI is InChI=1S/C26H26F2N2O5/c27-26(28)11-12-30(14-21(26)23(32)33)22(31)13-25(9-10-25)29-24(34)35-15-20-18-7-3-1-5-16(18)17-6-2-4-8-19(17)20/h1-8,20-21H,9-15H2,(H,29,34)(H,32,33). The van der Waals surface area contributed by atoms with Gasteiger partial charge in [0.25, 0.3) is 5.92 Å². The highest BCUT2D eigenvalue weighted by Crippen LogP contribution is 2.45. The maximum atomic E-state index is 13.9. The second kappa shape index (κ2) is 8.62. The summed E-state index contributed by atoms with van der Waals surface area (Å²) in [5.41, 5.74) is 3.64. The van der Waals surface area contributed by atoms with Crippen LogP contribution in [-0.4, -0.2) is 59.1 Å². The van der Waals surface area contributed by atoms with Gasteiger partial charge in [-0.15, -0.1) is 0 Å². The van der Waals surface area contributed by atoms with Crippen LogP contribution >= 0.6 is 0 Å². The summed E-state index contributed by atoms with van der Waals surface area (Å²) < 4.78 is 33.3. The molecule has 1 aliphatic heterocycles. The zero-order valence-corrected chi connectivity index (χ0v) is 19.0. The van der Waals surface area contributed by atoms with Crippen LogP contribution in [0.5, 0.6) is 0 Å². The first-order chi connectivity index (χ1) is 16.7. The van der Waals surface area contributed by atoms with Gasteiger partial charge in [-0.25, -0.2) is 13.6 Å². The van der Waals surface area contributed by atoms with E-state index in [4.69, 9.17) is 9.84 Å². The molecule has 1 saturated carbocycles. The van der Waals surface area contributed by atoms with E-state index in [0.29, 0.717) is 12.8 Å². The van der Waals surface area contributed by atoms with Gasteiger partial charge < -0.3 is 20.1 Å². The van der Waals surface area contributed by atoms with Gasteiger partial charge in [0.1, 0.15) is 12.5 Å². The van der Waals surface area contributed by atoms with Crippen molar-refractivity contribution in [2.75, 3.05) is 19.7 Å². The van der Waals surface area contributed by atoms with Crippen LogP contribution in [0.15, 0.2) is 48.5 Å². The number of nitrogens with zero attached hydrogens (tertiary/aromatic N) is 1. The number of carbonyl (C=O) groups excluding carboxylic acids is 2. The van der Waals surface area contributed by atoms with Gasteiger partial charge in [-0.1, -0.05) is 48.5 Å². The topological polar surface area (TPSA) is 95.9 Å². The van der Waals surface area contributed by atoms with Crippen molar-refractivity contribution in [1.29, 1.82) is 0 Å². The number of hydrogen-bond donors (Lipinski definition) is 2. The van der Waals surface area contributed by atoms with Gasteiger partial charge in [-0.05, 0) is 35.1 Å². The molecule has 2 aromatic rings. The first kappa shape index (κ1) is 23.3. The lowest BCUT2D eigenvalue weighted by atomic mass is 9.93. The minimum atomic E-state index is -3.35. The molecule has 9 heteroatoms. The van der Waals surface area contributed by atoms with Crippen LogP contribution in [0.25, 0.3) is 11.1 Å². The van der Waals surface area contributed by atoms with Crippen LogP contribution in [0.4, 0.5) is 13.6 Å². The monoisotopic (exact) mass is 484 g/mol. The van der Waals surface area contributed by atoms with E-state index in [0.717, 1.165) is 27.2 Å². The van der Waals surface area contributed by atoms with E-state index in [9.17, 15) is 23.2 Å². The van der Waals surface area contributed by atoms with Gasteiger partial charge in [0.15, 0.2) is 0 Å². The maximum Gasteiger partial charge on any atom is 0.407 e. The fourth-order valence-electron chi connectivity index (χ4n) is 5.14. The number of aliphatic carboxylic acids is 1. The molecule has 2 fully saturated rings. The van der Waals surface area contributed by atoms with Crippen LogP contribution in [0.3, 0.4) is 0 Å². The number of benzene rings is 2. The number of carboxylic acid groups (broad SMARTS) is 1. The van der Waals surface area contributed by atoms with Crippen molar-refractivity contribution in [3.63, 3.8) is 0 Å². The molecule has 3 aliphatic rings. The Morgan fingerprint density at radius 2 is 1.60 bits per heavy atom. The molecule has 2 N–H and O–H groups in total. The van der Waals surface area contributed by atoms with Gasteiger partial charge in [0, 0.05) is 25.4 Å². The van der Waals surface area contributed by atoms with E-state index in [1.54, 1.807) is 0 Å². The number of amides is 2. The number of rotatable bonds is 6. The van der Waals surface area contributed by atoms with Crippen molar-refractivity contribution >= 4 is 18.0 Å². The number of ether oxygens (including phenoxy) is 1. The molecule has 5 rings (SSSR count). The molecular formula is C26H26F2N2O5. The molecule has 1 heterocycles. The number of piperidine rings is 1. The van der Waals surface area contributed by atoms with E-state index in [1.165, 1.54) is 0 Å². The van der Waals surface area contributed by atoms with Gasteiger partial charge in [0.05, 0.1) is 12.0 Å².